The normalized spacial score (nSPS) is 11.9. The second-order valence-corrected chi connectivity index (χ2v) is 8.56. The van der Waals surface area contributed by atoms with E-state index < -0.39 is 18.5 Å². The predicted molar refractivity (Wildman–Crippen MR) is 128 cm³/mol. The predicted octanol–water partition coefficient (Wildman–Crippen LogP) is 4.14. The molecule has 34 heavy (non-hydrogen) atoms. The number of nitrogens with zero attached hydrogens (tertiary/aromatic N) is 4. The van der Waals surface area contributed by atoms with Crippen LogP contribution in [0.3, 0.4) is 0 Å². The first-order valence-electron chi connectivity index (χ1n) is 10.9. The van der Waals surface area contributed by atoms with E-state index in [9.17, 15) is 19.6 Å². The number of benzene rings is 2. The van der Waals surface area contributed by atoms with E-state index in [1.165, 1.54) is 22.9 Å². The van der Waals surface area contributed by atoms with Crippen molar-refractivity contribution in [2.24, 2.45) is 0 Å². The lowest BCUT2D eigenvalue weighted by atomic mass is 10.0. The lowest BCUT2D eigenvalue weighted by Gasteiger charge is -2.20. The van der Waals surface area contributed by atoms with Gasteiger partial charge in [0.2, 0.25) is 0 Å². The van der Waals surface area contributed by atoms with Crippen LogP contribution in [0.2, 0.25) is 0 Å². The van der Waals surface area contributed by atoms with Crippen LogP contribution in [0, 0.1) is 37.9 Å². The lowest BCUT2D eigenvalue weighted by molar-refractivity contribution is 0.246. The highest BCUT2D eigenvalue weighted by atomic mass is 19.1. The van der Waals surface area contributed by atoms with Gasteiger partial charge in [0.1, 0.15) is 11.9 Å². The number of aliphatic hydroxyl groups is 1. The highest BCUT2D eigenvalue weighted by molar-refractivity contribution is 5.44. The Hall–Kier alpha value is -4.02. The Morgan fingerprint density at radius 1 is 1.12 bits per heavy atom. The zero-order valence-corrected chi connectivity index (χ0v) is 19.3. The molecule has 0 unspecified atom stereocenters. The Bertz CT molecular complexity index is 1440. The summed E-state index contributed by atoms with van der Waals surface area (Å²) < 4.78 is 17.3. The van der Waals surface area contributed by atoms with Crippen LogP contribution in [0.5, 0.6) is 0 Å². The first-order chi connectivity index (χ1) is 16.3. The molecule has 2 aromatic heterocycles. The SMILES string of the molecule is Cc1cc(F)cc([C@H](CO)n2cc(C#N)cc(Cc3ccc(-n4cnc(C)c4)c(C)c3)c2=O)c1. The van der Waals surface area contributed by atoms with Gasteiger partial charge in [0.25, 0.3) is 5.56 Å². The van der Waals surface area contributed by atoms with E-state index in [1.54, 1.807) is 25.4 Å². The van der Waals surface area contributed by atoms with Gasteiger partial charge in [-0.25, -0.2) is 9.37 Å². The number of halogens is 1. The molecule has 0 amide bonds. The number of imidazole rings is 1. The Morgan fingerprint density at radius 2 is 1.91 bits per heavy atom. The van der Waals surface area contributed by atoms with Crippen LogP contribution < -0.4 is 5.56 Å². The maximum atomic E-state index is 14.0. The van der Waals surface area contributed by atoms with Crippen molar-refractivity contribution in [1.82, 2.24) is 14.1 Å². The van der Waals surface area contributed by atoms with E-state index in [2.05, 4.69) is 11.1 Å². The number of pyridine rings is 1. The second-order valence-electron chi connectivity index (χ2n) is 8.56. The van der Waals surface area contributed by atoms with Gasteiger partial charge in [-0.1, -0.05) is 18.2 Å². The van der Waals surface area contributed by atoms with E-state index in [4.69, 9.17) is 0 Å². The second kappa shape index (κ2) is 9.46. The van der Waals surface area contributed by atoms with Crippen LogP contribution in [-0.4, -0.2) is 25.8 Å². The quantitative estimate of drug-likeness (QED) is 0.473. The maximum Gasteiger partial charge on any atom is 0.254 e. The van der Waals surface area contributed by atoms with E-state index in [-0.39, 0.29) is 5.56 Å². The number of hydrogen-bond acceptors (Lipinski definition) is 4. The number of hydrogen-bond donors (Lipinski definition) is 1. The Labute approximate surface area is 197 Å². The van der Waals surface area contributed by atoms with Crippen molar-refractivity contribution >= 4 is 0 Å². The summed E-state index contributed by atoms with van der Waals surface area (Å²) in [5.41, 5.74) is 5.40. The molecule has 0 saturated carbocycles. The summed E-state index contributed by atoms with van der Waals surface area (Å²) in [6.45, 7) is 5.26. The molecule has 2 heterocycles. The van der Waals surface area contributed by atoms with Gasteiger partial charge in [-0.05, 0) is 67.3 Å². The van der Waals surface area contributed by atoms with E-state index >= 15 is 0 Å². The van der Waals surface area contributed by atoms with E-state index in [1.807, 2.05) is 42.8 Å². The molecule has 0 fully saturated rings. The molecule has 172 valence electrons. The smallest absolute Gasteiger partial charge is 0.254 e. The average Bonchev–Trinajstić information content (AvgIpc) is 3.22. The van der Waals surface area contributed by atoms with Gasteiger partial charge < -0.3 is 14.2 Å². The summed E-state index contributed by atoms with van der Waals surface area (Å²) in [6, 6.07) is 13.2. The number of nitriles is 1. The monoisotopic (exact) mass is 456 g/mol. The van der Waals surface area contributed by atoms with Crippen molar-refractivity contribution in [2.45, 2.75) is 33.2 Å². The molecule has 1 atom stereocenters. The molecule has 0 aliphatic carbocycles. The molecule has 0 aliphatic heterocycles. The summed E-state index contributed by atoms with van der Waals surface area (Å²) in [6.07, 6.45) is 5.44. The standard InChI is InChI=1S/C27H25FN4O2/c1-17-6-22(11-24(28)7-17)26(15-33)32-14-21(12-29)10-23(27(32)34)9-20-4-5-25(18(2)8-20)31-13-19(3)30-16-31/h4-8,10-11,13-14,16,26,33H,9,15H2,1-3H3/t26-/m0/s1. The van der Waals surface area contributed by atoms with Crippen molar-refractivity contribution < 1.29 is 9.50 Å². The molecular weight excluding hydrogens is 431 g/mol. The highest BCUT2D eigenvalue weighted by Crippen LogP contribution is 2.22. The van der Waals surface area contributed by atoms with Crippen molar-refractivity contribution in [2.75, 3.05) is 6.61 Å². The largest absolute Gasteiger partial charge is 0.394 e. The van der Waals surface area contributed by atoms with Crippen molar-refractivity contribution in [3.8, 4) is 11.8 Å². The molecule has 4 rings (SSSR count). The molecule has 0 bridgehead atoms. The summed E-state index contributed by atoms with van der Waals surface area (Å²) in [4.78, 5) is 17.7. The Balaban J connectivity index is 1.73. The number of aromatic nitrogens is 3. The first-order valence-corrected chi connectivity index (χ1v) is 10.9. The molecule has 0 spiro atoms. The minimum Gasteiger partial charge on any atom is -0.394 e. The van der Waals surface area contributed by atoms with Gasteiger partial charge in [-0.3, -0.25) is 4.79 Å². The number of aliphatic hydroxyl groups excluding tert-OH is 1. The van der Waals surface area contributed by atoms with Crippen LogP contribution in [-0.2, 0) is 6.42 Å². The van der Waals surface area contributed by atoms with Crippen LogP contribution in [0.25, 0.3) is 5.69 Å². The molecule has 0 aliphatic rings. The zero-order valence-electron chi connectivity index (χ0n) is 19.3. The van der Waals surface area contributed by atoms with Crippen LogP contribution in [0.1, 0.15) is 45.1 Å². The van der Waals surface area contributed by atoms with Gasteiger partial charge in [0.15, 0.2) is 0 Å². The topological polar surface area (TPSA) is 83.8 Å². The van der Waals surface area contributed by atoms with Crippen LogP contribution in [0.4, 0.5) is 4.39 Å². The Morgan fingerprint density at radius 3 is 2.53 bits per heavy atom. The molecule has 4 aromatic rings. The van der Waals surface area contributed by atoms with Crippen molar-refractivity contribution in [3.05, 3.63) is 116 Å². The third kappa shape index (κ3) is 4.68. The van der Waals surface area contributed by atoms with Gasteiger partial charge >= 0.3 is 0 Å². The minimum atomic E-state index is -0.803. The van der Waals surface area contributed by atoms with Gasteiger partial charge in [-0.15, -0.1) is 0 Å². The molecule has 0 saturated heterocycles. The third-order valence-electron chi connectivity index (χ3n) is 5.85. The molecular formula is C27H25FN4O2. The van der Waals surface area contributed by atoms with Crippen molar-refractivity contribution in [3.63, 3.8) is 0 Å². The first kappa shape index (κ1) is 23.1. The zero-order chi connectivity index (χ0) is 24.4. The average molecular weight is 457 g/mol. The van der Waals surface area contributed by atoms with Crippen molar-refractivity contribution in [1.29, 1.82) is 5.26 Å². The van der Waals surface area contributed by atoms with E-state index in [0.717, 1.165) is 22.5 Å². The fraction of sp³-hybridized carbons (Fsp3) is 0.222. The summed E-state index contributed by atoms with van der Waals surface area (Å²) in [7, 11) is 0. The molecule has 7 heteroatoms. The van der Waals surface area contributed by atoms with Crippen LogP contribution >= 0.6 is 0 Å². The van der Waals surface area contributed by atoms with Gasteiger partial charge in [0.05, 0.1) is 30.2 Å². The lowest BCUT2D eigenvalue weighted by Crippen LogP contribution is -2.30. The van der Waals surface area contributed by atoms with E-state index in [0.29, 0.717) is 28.7 Å². The van der Waals surface area contributed by atoms with Gasteiger partial charge in [0, 0.05) is 30.1 Å². The number of rotatable bonds is 6. The highest BCUT2D eigenvalue weighted by Gasteiger charge is 2.19. The van der Waals surface area contributed by atoms with Gasteiger partial charge in [-0.2, -0.15) is 5.26 Å². The summed E-state index contributed by atoms with van der Waals surface area (Å²) in [5.74, 6) is -0.443. The molecule has 6 nitrogen and oxygen atoms in total. The third-order valence-corrected chi connectivity index (χ3v) is 5.85. The minimum absolute atomic E-state index is 0.295. The Kier molecular flexibility index (Phi) is 6.44. The summed E-state index contributed by atoms with van der Waals surface area (Å²) >= 11 is 0. The fourth-order valence-corrected chi connectivity index (χ4v) is 4.28. The maximum absolute atomic E-state index is 14.0. The van der Waals surface area contributed by atoms with Crippen LogP contribution in [0.15, 0.2) is 66.0 Å². The molecule has 0 radical (unpaired) electrons. The molecule has 2 aromatic carbocycles. The summed E-state index contributed by atoms with van der Waals surface area (Å²) in [5, 5.41) is 19.7. The number of aryl methyl sites for hydroxylation is 3. The fourth-order valence-electron chi connectivity index (χ4n) is 4.28. The molecule has 1 N–H and O–H groups in total.